The van der Waals surface area contributed by atoms with Crippen molar-refractivity contribution in [1.29, 1.82) is 0 Å². The molecule has 1 aromatic rings. The molecule has 1 saturated heterocycles. The summed E-state index contributed by atoms with van der Waals surface area (Å²) in [4.78, 5) is 11.0. The first kappa shape index (κ1) is 17.6. The molecule has 0 spiro atoms. The summed E-state index contributed by atoms with van der Waals surface area (Å²) in [6, 6.07) is 0.792. The summed E-state index contributed by atoms with van der Waals surface area (Å²) in [6.45, 7) is 0.329. The van der Waals surface area contributed by atoms with Gasteiger partial charge in [-0.15, -0.1) is 0 Å². The molecule has 1 aromatic carbocycles. The van der Waals surface area contributed by atoms with E-state index in [4.69, 9.17) is 34.8 Å². The van der Waals surface area contributed by atoms with E-state index in [2.05, 4.69) is 9.50 Å². The summed E-state index contributed by atoms with van der Waals surface area (Å²) in [5.74, 6) is -2.32. The van der Waals surface area contributed by atoms with Crippen molar-refractivity contribution >= 4 is 50.9 Å². The predicted molar refractivity (Wildman–Crippen MR) is 78.6 cm³/mol. The second-order valence-corrected chi connectivity index (χ2v) is 7.23. The number of carbonyl (C=O) groups excluding carboxylic acids is 1. The monoisotopic (exact) mass is 389 g/mol. The van der Waals surface area contributed by atoms with Crippen molar-refractivity contribution in [3.05, 3.63) is 21.1 Å². The Balaban J connectivity index is 2.38. The van der Waals surface area contributed by atoms with Crippen LogP contribution in [0.4, 0.5) is 0 Å². The fourth-order valence-electron chi connectivity index (χ4n) is 1.87. The maximum absolute atomic E-state index is 12.1. The molecule has 0 unspecified atom stereocenters. The summed E-state index contributed by atoms with van der Waals surface area (Å²) in [5, 5.41) is 21.1. The van der Waals surface area contributed by atoms with Crippen LogP contribution in [0.25, 0.3) is 0 Å². The van der Waals surface area contributed by atoms with Crippen molar-refractivity contribution in [2.45, 2.75) is 23.5 Å². The van der Waals surface area contributed by atoms with Crippen molar-refractivity contribution < 1.29 is 27.6 Å². The number of phenolic OH excluding ortho intramolecular Hbond substituents is 1. The number of rotatable bonds is 3. The highest BCUT2D eigenvalue weighted by Gasteiger charge is 2.43. The van der Waals surface area contributed by atoms with Gasteiger partial charge >= 0.3 is 16.1 Å². The van der Waals surface area contributed by atoms with Crippen molar-refractivity contribution in [3.8, 4) is 5.75 Å². The minimum absolute atomic E-state index is 0.00450. The first-order valence-corrected chi connectivity index (χ1v) is 8.45. The first-order valence-electron chi connectivity index (χ1n) is 5.91. The number of hydrogen-bond donors (Lipinski definition) is 3. The number of nitrogens with one attached hydrogen (secondary N) is 1. The van der Waals surface area contributed by atoms with Crippen LogP contribution in [0.15, 0.2) is 11.0 Å². The molecule has 1 aliphatic rings. The topological polar surface area (TPSA) is 113 Å². The molecule has 1 heterocycles. The maximum atomic E-state index is 12.1. The number of halogens is 3. The van der Waals surface area contributed by atoms with Gasteiger partial charge in [-0.2, -0.15) is 8.42 Å². The zero-order chi connectivity index (χ0) is 16.7. The summed E-state index contributed by atoms with van der Waals surface area (Å²) in [7, 11) is -4.75. The molecule has 0 bridgehead atoms. The Hall–Kier alpha value is -0.770. The highest BCUT2D eigenvalue weighted by Crippen LogP contribution is 2.42. The molecule has 0 aliphatic carbocycles. The fraction of sp³-hybridized carbons (Fsp3) is 0.364. The van der Waals surface area contributed by atoms with Crippen molar-refractivity contribution in [2.75, 3.05) is 6.54 Å². The Morgan fingerprint density at radius 1 is 1.32 bits per heavy atom. The highest BCUT2D eigenvalue weighted by atomic mass is 35.5. The number of aromatic hydroxyl groups is 1. The Morgan fingerprint density at radius 2 is 1.95 bits per heavy atom. The summed E-state index contributed by atoms with van der Waals surface area (Å²) >= 11 is 17.0. The average molecular weight is 391 g/mol. The smallest absolute Gasteiger partial charge is 0.369 e. The van der Waals surface area contributed by atoms with Crippen LogP contribution < -0.4 is 5.32 Å². The van der Waals surface area contributed by atoms with Crippen LogP contribution in [-0.4, -0.2) is 36.9 Å². The van der Waals surface area contributed by atoms with E-state index in [1.807, 2.05) is 0 Å². The third-order valence-electron chi connectivity index (χ3n) is 3.03. The lowest BCUT2D eigenvalue weighted by Crippen LogP contribution is -2.49. The Labute approximate surface area is 140 Å². The molecular formula is C11H10Cl3NO6S. The van der Waals surface area contributed by atoms with Crippen molar-refractivity contribution in [3.63, 3.8) is 0 Å². The van der Waals surface area contributed by atoms with Crippen LogP contribution >= 0.6 is 34.8 Å². The number of aliphatic hydroxyl groups is 1. The minimum Gasteiger partial charge on any atom is -0.505 e. The molecule has 0 aromatic heterocycles. The van der Waals surface area contributed by atoms with Gasteiger partial charge in [0.2, 0.25) is 5.72 Å². The van der Waals surface area contributed by atoms with Crippen LogP contribution in [0.2, 0.25) is 15.1 Å². The summed E-state index contributed by atoms with van der Waals surface area (Å²) < 4.78 is 28.5. The van der Waals surface area contributed by atoms with E-state index in [0.29, 0.717) is 13.0 Å². The van der Waals surface area contributed by atoms with Crippen LogP contribution in [0.5, 0.6) is 5.75 Å². The summed E-state index contributed by atoms with van der Waals surface area (Å²) in [5.41, 5.74) is -2.09. The largest absolute Gasteiger partial charge is 0.505 e. The van der Waals surface area contributed by atoms with E-state index in [-0.39, 0.29) is 16.5 Å². The molecule has 0 amide bonds. The van der Waals surface area contributed by atoms with E-state index in [9.17, 15) is 23.4 Å². The summed E-state index contributed by atoms with van der Waals surface area (Å²) in [6.07, 6.45) is 0.463. The molecule has 0 radical (unpaired) electrons. The van der Waals surface area contributed by atoms with Gasteiger partial charge in [-0.05, 0) is 19.0 Å². The second-order valence-electron chi connectivity index (χ2n) is 4.55. The lowest BCUT2D eigenvalue weighted by Gasteiger charge is -2.20. The van der Waals surface area contributed by atoms with E-state index < -0.39 is 37.5 Å². The van der Waals surface area contributed by atoms with Gasteiger partial charge in [0, 0.05) is 6.42 Å². The van der Waals surface area contributed by atoms with Gasteiger partial charge in [-0.25, -0.2) is 4.79 Å². The Morgan fingerprint density at radius 3 is 2.50 bits per heavy atom. The van der Waals surface area contributed by atoms with Crippen LogP contribution in [0.1, 0.15) is 12.8 Å². The Kier molecular flexibility index (Phi) is 4.82. The van der Waals surface area contributed by atoms with Gasteiger partial charge < -0.3 is 14.4 Å². The molecule has 3 N–H and O–H groups in total. The molecule has 122 valence electrons. The zero-order valence-corrected chi connectivity index (χ0v) is 13.9. The van der Waals surface area contributed by atoms with E-state index in [0.717, 1.165) is 6.07 Å². The van der Waals surface area contributed by atoms with Gasteiger partial charge in [-0.3, -0.25) is 5.32 Å². The quantitative estimate of drug-likeness (QED) is 0.531. The molecule has 0 saturated carbocycles. The predicted octanol–water partition coefficient (Wildman–Crippen LogP) is 1.66. The van der Waals surface area contributed by atoms with Gasteiger partial charge in [0.15, 0.2) is 10.6 Å². The van der Waals surface area contributed by atoms with Gasteiger partial charge in [-0.1, -0.05) is 34.8 Å². The van der Waals surface area contributed by atoms with Crippen LogP contribution in [0.3, 0.4) is 0 Å². The lowest BCUT2D eigenvalue weighted by atomic mass is 10.2. The average Bonchev–Trinajstić information content (AvgIpc) is 2.88. The van der Waals surface area contributed by atoms with Gasteiger partial charge in [0.25, 0.3) is 0 Å². The van der Waals surface area contributed by atoms with E-state index >= 15 is 0 Å². The molecule has 2 rings (SSSR count). The second kappa shape index (κ2) is 6.03. The number of phenols is 1. The Bertz CT molecular complexity index is 730. The normalized spacial score (nSPS) is 21.8. The van der Waals surface area contributed by atoms with Crippen LogP contribution in [-0.2, 0) is 19.1 Å². The number of hydrogen-bond acceptors (Lipinski definition) is 7. The van der Waals surface area contributed by atoms with Gasteiger partial charge in [0.05, 0.1) is 10.0 Å². The van der Waals surface area contributed by atoms with Crippen molar-refractivity contribution in [2.24, 2.45) is 0 Å². The number of benzene rings is 1. The molecule has 7 nitrogen and oxygen atoms in total. The molecule has 11 heteroatoms. The van der Waals surface area contributed by atoms with E-state index in [1.54, 1.807) is 0 Å². The first-order chi connectivity index (χ1) is 10.1. The minimum atomic E-state index is -4.75. The van der Waals surface area contributed by atoms with E-state index in [1.165, 1.54) is 0 Å². The molecule has 1 aliphatic heterocycles. The molecule has 1 atom stereocenters. The standard InChI is InChI=1S/C11H10Cl3NO6S/c12-5-4-6(9(16)8(14)7(5)13)22(19,20)21-10(17)11(18)2-1-3-15-11/h4,15-16,18H,1-3H2/t11-/m1/s1. The van der Waals surface area contributed by atoms with Crippen molar-refractivity contribution in [1.82, 2.24) is 5.32 Å². The van der Waals surface area contributed by atoms with Crippen LogP contribution in [0, 0.1) is 0 Å². The fourth-order valence-corrected chi connectivity index (χ4v) is 3.62. The number of carbonyl (C=O) groups is 1. The lowest BCUT2D eigenvalue weighted by molar-refractivity contribution is -0.156. The molecular weight excluding hydrogens is 381 g/mol. The third-order valence-corrected chi connectivity index (χ3v) is 5.50. The van der Waals surface area contributed by atoms with Gasteiger partial charge in [0.1, 0.15) is 5.02 Å². The molecule has 1 fully saturated rings. The SMILES string of the molecule is O=C(OS(=O)(=O)c1cc(Cl)c(Cl)c(Cl)c1O)[C@]1(O)CCCN1. The molecule has 22 heavy (non-hydrogen) atoms. The maximum Gasteiger partial charge on any atom is 0.369 e. The third kappa shape index (κ3) is 3.12. The highest BCUT2D eigenvalue weighted by molar-refractivity contribution is 7.87. The zero-order valence-electron chi connectivity index (χ0n) is 10.8.